The Balaban J connectivity index is 4.75. The van der Waals surface area contributed by atoms with E-state index in [1.165, 1.54) is 76.2 Å². The summed E-state index contributed by atoms with van der Waals surface area (Å²) in [4.78, 5) is 0. The Kier molecular flexibility index (Phi) is 15.0. The van der Waals surface area contributed by atoms with Crippen molar-refractivity contribution in [2.75, 3.05) is 0 Å². The summed E-state index contributed by atoms with van der Waals surface area (Å²) in [5.41, 5.74) is 3.44. The third kappa shape index (κ3) is 12.2. The molecular weight excluding hydrogens is 300 g/mol. The van der Waals surface area contributed by atoms with Gasteiger partial charge < -0.3 is 0 Å². The van der Waals surface area contributed by atoms with E-state index >= 15 is 0 Å². The van der Waals surface area contributed by atoms with E-state index in [0.29, 0.717) is 5.41 Å². The molecule has 0 amide bonds. The first-order chi connectivity index (χ1) is 12.0. The molecule has 0 unspecified atom stereocenters. The average Bonchev–Trinajstić information content (AvgIpc) is 2.59. The van der Waals surface area contributed by atoms with E-state index in [-0.39, 0.29) is 0 Å². The molecule has 0 rings (SSSR count). The highest BCUT2D eigenvalue weighted by molar-refractivity contribution is 5.30. The Labute approximate surface area is 159 Å². The van der Waals surface area contributed by atoms with Crippen molar-refractivity contribution in [1.82, 2.24) is 0 Å². The highest BCUT2D eigenvalue weighted by atomic mass is 14.3. The van der Waals surface area contributed by atoms with Gasteiger partial charge in [0, 0.05) is 0 Å². The highest BCUT2D eigenvalue weighted by Gasteiger charge is 2.21. The van der Waals surface area contributed by atoms with Gasteiger partial charge in [-0.2, -0.15) is 0 Å². The lowest BCUT2D eigenvalue weighted by Gasteiger charge is -2.28. The van der Waals surface area contributed by atoms with Gasteiger partial charge in [0.15, 0.2) is 0 Å². The van der Waals surface area contributed by atoms with E-state index in [4.69, 9.17) is 0 Å². The molecule has 0 fully saturated rings. The number of allylic oxidation sites excluding steroid dienone is 6. The number of rotatable bonds is 15. The average molecular weight is 347 g/mol. The maximum Gasteiger partial charge on any atom is -0.00980 e. The first-order valence-electron chi connectivity index (χ1n) is 11.0. The largest absolute Gasteiger partial charge is 0.0913 e. The molecule has 0 aliphatic carbocycles. The van der Waals surface area contributed by atoms with Crippen molar-refractivity contribution >= 4 is 0 Å². The minimum absolute atomic E-state index is 0.315. The Morgan fingerprint density at radius 3 is 2.00 bits per heavy atom. The fourth-order valence-electron chi connectivity index (χ4n) is 3.30. The molecule has 0 aromatic heterocycles. The predicted octanol–water partition coefficient (Wildman–Crippen LogP) is 9.18. The zero-order chi connectivity index (χ0) is 19.0. The van der Waals surface area contributed by atoms with Crippen molar-refractivity contribution in [1.29, 1.82) is 0 Å². The topological polar surface area (TPSA) is 0 Å². The quantitative estimate of drug-likeness (QED) is 0.157. The van der Waals surface area contributed by atoms with Gasteiger partial charge in [-0.1, -0.05) is 109 Å². The van der Waals surface area contributed by atoms with Crippen molar-refractivity contribution in [3.8, 4) is 0 Å². The summed E-state index contributed by atoms with van der Waals surface area (Å²) in [6, 6.07) is 0. The number of hydrogen-bond donors (Lipinski definition) is 0. The predicted molar refractivity (Wildman–Crippen MR) is 117 cm³/mol. The summed E-state index contributed by atoms with van der Waals surface area (Å²) < 4.78 is 0. The van der Waals surface area contributed by atoms with Crippen LogP contribution in [0.1, 0.15) is 119 Å². The van der Waals surface area contributed by atoms with E-state index in [0.717, 1.165) is 6.42 Å². The van der Waals surface area contributed by atoms with Gasteiger partial charge in [-0.3, -0.25) is 0 Å². The van der Waals surface area contributed by atoms with Crippen LogP contribution in [0.5, 0.6) is 0 Å². The molecule has 0 aliphatic rings. The molecule has 0 aromatic rings. The molecule has 0 nitrogen and oxygen atoms in total. The van der Waals surface area contributed by atoms with Gasteiger partial charge in [-0.25, -0.2) is 0 Å². The lowest BCUT2D eigenvalue weighted by Crippen LogP contribution is -2.14. The second kappa shape index (κ2) is 15.5. The van der Waals surface area contributed by atoms with Crippen LogP contribution in [-0.4, -0.2) is 0 Å². The lowest BCUT2D eigenvalue weighted by atomic mass is 9.77. The fraction of sp³-hybridized carbons (Fsp3) is 0.760. The molecule has 0 radical (unpaired) electrons. The van der Waals surface area contributed by atoms with E-state index < -0.39 is 0 Å². The smallest absolute Gasteiger partial charge is 0.00980 e. The second-order valence-electron chi connectivity index (χ2n) is 8.22. The molecule has 0 heterocycles. The van der Waals surface area contributed by atoms with Crippen molar-refractivity contribution in [2.45, 2.75) is 119 Å². The Morgan fingerprint density at radius 1 is 0.800 bits per heavy atom. The summed E-state index contributed by atoms with van der Waals surface area (Å²) in [6.07, 6.45) is 25.2. The van der Waals surface area contributed by atoms with Crippen LogP contribution in [0.2, 0.25) is 0 Å². The first kappa shape index (κ1) is 24.2. The summed E-state index contributed by atoms with van der Waals surface area (Å²) in [7, 11) is 0. The van der Waals surface area contributed by atoms with Gasteiger partial charge in [0.2, 0.25) is 0 Å². The zero-order valence-corrected chi connectivity index (χ0v) is 18.3. The Bertz CT molecular complexity index is 392. The van der Waals surface area contributed by atoms with Crippen LogP contribution in [0, 0.1) is 5.41 Å². The third-order valence-electron chi connectivity index (χ3n) is 5.52. The van der Waals surface area contributed by atoms with E-state index in [1.807, 2.05) is 0 Å². The molecule has 146 valence electrons. The van der Waals surface area contributed by atoms with Gasteiger partial charge in [0.25, 0.3) is 0 Å². The first-order valence-corrected chi connectivity index (χ1v) is 11.0. The van der Waals surface area contributed by atoms with Gasteiger partial charge in [-0.15, -0.1) is 0 Å². The third-order valence-corrected chi connectivity index (χ3v) is 5.52. The molecule has 0 N–H and O–H groups in total. The summed E-state index contributed by atoms with van der Waals surface area (Å²) >= 11 is 0. The van der Waals surface area contributed by atoms with Crippen molar-refractivity contribution in [2.24, 2.45) is 5.41 Å². The molecule has 25 heavy (non-hydrogen) atoms. The van der Waals surface area contributed by atoms with Gasteiger partial charge in [-0.05, 0) is 50.5 Å². The van der Waals surface area contributed by atoms with E-state index in [2.05, 4.69) is 65.8 Å². The van der Waals surface area contributed by atoms with Gasteiger partial charge >= 0.3 is 0 Å². The monoisotopic (exact) mass is 346 g/mol. The Hall–Kier alpha value is -0.780. The molecule has 0 aliphatic heterocycles. The van der Waals surface area contributed by atoms with Crippen LogP contribution >= 0.6 is 0 Å². The van der Waals surface area contributed by atoms with Crippen molar-refractivity contribution in [3.05, 3.63) is 35.5 Å². The normalized spacial score (nSPS) is 13.8. The molecule has 0 heteroatoms. The SMILES string of the molecule is CC=CCC(C=CCCCCCC)=C(C)C(C)(C)CCCCCCC. The second-order valence-corrected chi connectivity index (χ2v) is 8.22. The van der Waals surface area contributed by atoms with Crippen molar-refractivity contribution in [3.63, 3.8) is 0 Å². The van der Waals surface area contributed by atoms with Crippen LogP contribution < -0.4 is 0 Å². The molecule has 0 saturated heterocycles. The van der Waals surface area contributed by atoms with E-state index in [1.54, 1.807) is 5.57 Å². The fourth-order valence-corrected chi connectivity index (χ4v) is 3.30. The van der Waals surface area contributed by atoms with Crippen LogP contribution in [0.25, 0.3) is 0 Å². The molecule has 0 bridgehead atoms. The molecule has 0 aromatic carbocycles. The maximum atomic E-state index is 2.44. The van der Waals surface area contributed by atoms with Crippen LogP contribution in [0.4, 0.5) is 0 Å². The maximum absolute atomic E-state index is 2.44. The molecule has 0 atom stereocenters. The van der Waals surface area contributed by atoms with Crippen LogP contribution in [0.15, 0.2) is 35.5 Å². The number of hydrogen-bond acceptors (Lipinski definition) is 0. The van der Waals surface area contributed by atoms with Crippen LogP contribution in [0.3, 0.4) is 0 Å². The van der Waals surface area contributed by atoms with Crippen LogP contribution in [-0.2, 0) is 0 Å². The standard InChI is InChI=1S/C25H46/c1-7-10-13-15-16-18-21-24(20-12-9-3)23(4)25(5,6)22-19-17-14-11-8-2/h9,12,18,21H,7-8,10-11,13-17,19-20,22H2,1-6H3. The molecule has 0 spiro atoms. The minimum Gasteiger partial charge on any atom is -0.0913 e. The summed E-state index contributed by atoms with van der Waals surface area (Å²) in [5.74, 6) is 0. The minimum atomic E-state index is 0.315. The highest BCUT2D eigenvalue weighted by Crippen LogP contribution is 2.35. The summed E-state index contributed by atoms with van der Waals surface area (Å²) in [5, 5.41) is 0. The van der Waals surface area contributed by atoms with Gasteiger partial charge in [0.05, 0.1) is 0 Å². The number of unbranched alkanes of at least 4 members (excludes halogenated alkanes) is 8. The summed E-state index contributed by atoms with van der Waals surface area (Å²) in [6.45, 7) is 13.9. The zero-order valence-electron chi connectivity index (χ0n) is 18.3. The Morgan fingerprint density at radius 2 is 1.40 bits per heavy atom. The lowest BCUT2D eigenvalue weighted by molar-refractivity contribution is 0.381. The van der Waals surface area contributed by atoms with Gasteiger partial charge in [0.1, 0.15) is 0 Å². The van der Waals surface area contributed by atoms with E-state index in [9.17, 15) is 0 Å². The molecular formula is C25H46. The van der Waals surface area contributed by atoms with Crippen molar-refractivity contribution < 1.29 is 0 Å². The molecule has 0 saturated carbocycles.